The SMILES string of the molecule is Cc1ccc(/C=C2\SC3(SC(c4ccccc4)=NN3c3ccccc3)N(c3ccccc3)C2=O)cc1. The minimum Gasteiger partial charge on any atom is -0.268 e. The Morgan fingerprint density at radius 2 is 1.31 bits per heavy atom. The van der Waals surface area contributed by atoms with Crippen LogP contribution in [0.15, 0.2) is 125 Å². The first-order valence-electron chi connectivity index (χ1n) is 11.7. The molecule has 176 valence electrons. The van der Waals surface area contributed by atoms with Crippen LogP contribution in [0.25, 0.3) is 6.08 Å². The normalized spacial score (nSPS) is 20.4. The second-order valence-corrected chi connectivity index (χ2v) is 11.2. The van der Waals surface area contributed by atoms with E-state index in [0.29, 0.717) is 4.91 Å². The van der Waals surface area contributed by atoms with Crippen LogP contribution in [0, 0.1) is 6.92 Å². The van der Waals surface area contributed by atoms with Gasteiger partial charge in [-0.05, 0) is 54.6 Å². The number of hydrazone groups is 1. The fourth-order valence-electron chi connectivity index (χ4n) is 4.27. The number of benzene rings is 4. The van der Waals surface area contributed by atoms with E-state index in [1.807, 2.05) is 94.8 Å². The fraction of sp³-hybridized carbons (Fsp3) is 0.0667. The number of carbonyl (C=O) groups is 1. The molecule has 6 heteroatoms. The molecule has 6 rings (SSSR count). The summed E-state index contributed by atoms with van der Waals surface area (Å²) in [5, 5.41) is 7.96. The molecule has 0 radical (unpaired) electrons. The Morgan fingerprint density at radius 3 is 1.94 bits per heavy atom. The number of hydrogen-bond donors (Lipinski definition) is 0. The first-order chi connectivity index (χ1) is 17.6. The molecule has 36 heavy (non-hydrogen) atoms. The number of rotatable bonds is 4. The lowest BCUT2D eigenvalue weighted by molar-refractivity contribution is -0.114. The van der Waals surface area contributed by atoms with Crippen molar-refractivity contribution in [2.24, 2.45) is 5.10 Å². The molecule has 1 unspecified atom stereocenters. The van der Waals surface area contributed by atoms with Crippen LogP contribution >= 0.6 is 23.5 Å². The van der Waals surface area contributed by atoms with Gasteiger partial charge in [-0.15, -0.1) is 0 Å². The Bertz CT molecular complexity index is 1450. The van der Waals surface area contributed by atoms with Crippen LogP contribution in [-0.2, 0) is 4.79 Å². The minimum atomic E-state index is -0.846. The van der Waals surface area contributed by atoms with E-state index < -0.39 is 4.33 Å². The van der Waals surface area contributed by atoms with Gasteiger partial charge in [0.1, 0.15) is 5.04 Å². The van der Waals surface area contributed by atoms with Crippen LogP contribution < -0.4 is 9.91 Å². The van der Waals surface area contributed by atoms with E-state index in [-0.39, 0.29) is 5.91 Å². The highest BCUT2D eigenvalue weighted by Gasteiger charge is 2.59. The predicted molar refractivity (Wildman–Crippen MR) is 153 cm³/mol. The zero-order chi connectivity index (χ0) is 24.5. The first-order valence-corrected chi connectivity index (χ1v) is 13.3. The van der Waals surface area contributed by atoms with E-state index in [0.717, 1.165) is 27.5 Å². The molecular formula is C30H23N3OS2. The van der Waals surface area contributed by atoms with Gasteiger partial charge in [0.2, 0.25) is 4.33 Å². The Morgan fingerprint density at radius 1 is 0.722 bits per heavy atom. The van der Waals surface area contributed by atoms with Crippen LogP contribution in [0.5, 0.6) is 0 Å². The Labute approximate surface area is 219 Å². The van der Waals surface area contributed by atoms with E-state index >= 15 is 0 Å². The van der Waals surface area contributed by atoms with E-state index in [9.17, 15) is 4.79 Å². The van der Waals surface area contributed by atoms with E-state index in [2.05, 4.69) is 43.3 Å². The molecule has 1 saturated heterocycles. The quantitative estimate of drug-likeness (QED) is 0.272. The van der Waals surface area contributed by atoms with Gasteiger partial charge in [-0.3, -0.25) is 9.69 Å². The number of aryl methyl sites for hydroxylation is 1. The van der Waals surface area contributed by atoms with Crippen molar-refractivity contribution < 1.29 is 4.79 Å². The summed E-state index contributed by atoms with van der Waals surface area (Å²) in [6.07, 6.45) is 1.99. The number of hydrogen-bond acceptors (Lipinski definition) is 5. The number of para-hydroxylation sites is 2. The molecule has 2 aliphatic rings. The summed E-state index contributed by atoms with van der Waals surface area (Å²) in [7, 11) is 0. The molecule has 4 aromatic carbocycles. The molecule has 1 fully saturated rings. The number of thioether (sulfide) groups is 2. The summed E-state index contributed by atoms with van der Waals surface area (Å²) in [4.78, 5) is 16.7. The predicted octanol–water partition coefficient (Wildman–Crippen LogP) is 7.34. The molecule has 0 N–H and O–H groups in total. The molecule has 0 saturated carbocycles. The average molecular weight is 506 g/mol. The molecule has 1 spiro atoms. The molecular weight excluding hydrogens is 482 g/mol. The summed E-state index contributed by atoms with van der Waals surface area (Å²) in [6, 6.07) is 38.3. The van der Waals surface area contributed by atoms with Crippen LogP contribution in [0.3, 0.4) is 0 Å². The van der Waals surface area contributed by atoms with Gasteiger partial charge in [-0.25, -0.2) is 5.01 Å². The fourth-order valence-corrected chi connectivity index (χ4v) is 7.26. The van der Waals surface area contributed by atoms with Crippen molar-refractivity contribution in [3.63, 3.8) is 0 Å². The van der Waals surface area contributed by atoms with Crippen LogP contribution in [0.2, 0.25) is 0 Å². The molecule has 1 atom stereocenters. The zero-order valence-electron chi connectivity index (χ0n) is 19.6. The highest BCUT2D eigenvalue weighted by atomic mass is 32.2. The maximum Gasteiger partial charge on any atom is 0.268 e. The summed E-state index contributed by atoms with van der Waals surface area (Å²) >= 11 is 3.15. The van der Waals surface area contributed by atoms with Crippen molar-refractivity contribution in [1.29, 1.82) is 0 Å². The Kier molecular flexibility index (Phi) is 5.91. The van der Waals surface area contributed by atoms with Gasteiger partial charge in [0.05, 0.1) is 10.6 Å². The number of carbonyl (C=O) groups excluding carboxylic acids is 1. The van der Waals surface area contributed by atoms with Gasteiger partial charge >= 0.3 is 0 Å². The lowest BCUT2D eigenvalue weighted by atomic mass is 10.1. The smallest absolute Gasteiger partial charge is 0.268 e. The third kappa shape index (κ3) is 4.02. The van der Waals surface area contributed by atoms with Gasteiger partial charge in [-0.2, -0.15) is 5.10 Å². The lowest BCUT2D eigenvalue weighted by Crippen LogP contribution is -2.51. The standard InChI is InChI=1S/C30H23N3OS2/c1-22-17-19-23(20-18-22)21-27-29(34)32(25-13-7-3-8-14-25)30(35-27)33(26-15-9-4-10-16-26)31-28(36-30)24-11-5-2-6-12-24/h2-21H,1H3/b27-21-. The minimum absolute atomic E-state index is 0.0373. The average Bonchev–Trinajstić information content (AvgIpc) is 3.43. The van der Waals surface area contributed by atoms with Gasteiger partial charge in [0.15, 0.2) is 0 Å². The number of anilines is 2. The van der Waals surface area contributed by atoms with Crippen molar-refractivity contribution >= 4 is 51.9 Å². The summed E-state index contributed by atoms with van der Waals surface area (Å²) in [5.41, 5.74) is 4.97. The van der Waals surface area contributed by atoms with Crippen molar-refractivity contribution in [2.75, 3.05) is 9.91 Å². The topological polar surface area (TPSA) is 35.9 Å². The van der Waals surface area contributed by atoms with E-state index in [4.69, 9.17) is 5.10 Å². The van der Waals surface area contributed by atoms with Crippen molar-refractivity contribution in [3.05, 3.63) is 137 Å². The van der Waals surface area contributed by atoms with E-state index in [1.54, 1.807) is 23.5 Å². The van der Waals surface area contributed by atoms with Crippen LogP contribution in [0.1, 0.15) is 16.7 Å². The Balaban J connectivity index is 1.52. The largest absolute Gasteiger partial charge is 0.268 e. The number of amides is 1. The van der Waals surface area contributed by atoms with Crippen LogP contribution in [0.4, 0.5) is 11.4 Å². The highest BCUT2D eigenvalue weighted by Crippen LogP contribution is 2.59. The zero-order valence-corrected chi connectivity index (χ0v) is 21.2. The maximum absolute atomic E-state index is 14.1. The third-order valence-electron chi connectivity index (χ3n) is 6.04. The second-order valence-electron chi connectivity index (χ2n) is 8.57. The lowest BCUT2D eigenvalue weighted by Gasteiger charge is -2.38. The molecule has 4 aromatic rings. The summed E-state index contributed by atoms with van der Waals surface area (Å²) in [6.45, 7) is 2.06. The molecule has 1 amide bonds. The molecule has 0 aromatic heterocycles. The monoisotopic (exact) mass is 505 g/mol. The molecule has 2 aliphatic heterocycles. The van der Waals surface area contributed by atoms with Gasteiger partial charge < -0.3 is 0 Å². The van der Waals surface area contributed by atoms with Crippen molar-refractivity contribution in [1.82, 2.24) is 0 Å². The summed E-state index contributed by atoms with van der Waals surface area (Å²) in [5.74, 6) is -0.0373. The second kappa shape index (κ2) is 9.37. The Hall–Kier alpha value is -3.74. The molecule has 4 nitrogen and oxygen atoms in total. The highest BCUT2D eigenvalue weighted by molar-refractivity contribution is 8.28. The molecule has 0 aliphatic carbocycles. The van der Waals surface area contributed by atoms with Crippen molar-refractivity contribution in [2.45, 2.75) is 11.3 Å². The van der Waals surface area contributed by atoms with Gasteiger partial charge in [0.25, 0.3) is 5.91 Å². The maximum atomic E-state index is 14.1. The van der Waals surface area contributed by atoms with Gasteiger partial charge in [-0.1, -0.05) is 108 Å². The van der Waals surface area contributed by atoms with Crippen LogP contribution in [-0.4, -0.2) is 15.3 Å². The molecule has 0 bridgehead atoms. The third-order valence-corrected chi connectivity index (χ3v) is 8.80. The molecule has 2 heterocycles. The van der Waals surface area contributed by atoms with Gasteiger partial charge in [0, 0.05) is 11.3 Å². The van der Waals surface area contributed by atoms with Crippen molar-refractivity contribution in [3.8, 4) is 0 Å². The van der Waals surface area contributed by atoms with E-state index in [1.165, 1.54) is 5.56 Å². The first kappa shape index (κ1) is 22.7. The number of nitrogens with zero attached hydrogens (tertiary/aromatic N) is 3. The summed E-state index contributed by atoms with van der Waals surface area (Å²) < 4.78 is -0.846.